The number of benzene rings is 1. The highest BCUT2D eigenvalue weighted by molar-refractivity contribution is 5.24. The van der Waals surface area contributed by atoms with Gasteiger partial charge >= 0.3 is 0 Å². The van der Waals surface area contributed by atoms with Gasteiger partial charge in [-0.25, -0.2) is 8.78 Å². The normalized spacial score (nSPS) is 24.6. The second-order valence-corrected chi connectivity index (χ2v) is 5.21. The first-order chi connectivity index (χ1) is 9.13. The molecule has 1 fully saturated rings. The van der Waals surface area contributed by atoms with E-state index in [1.165, 1.54) is 18.2 Å². The molecule has 1 N–H and O–H groups in total. The number of nitrogens with one attached hydrogen (secondary N) is 1. The summed E-state index contributed by atoms with van der Waals surface area (Å²) in [6.45, 7) is 5.32. The predicted molar refractivity (Wildman–Crippen MR) is 70.9 cm³/mol. The van der Waals surface area contributed by atoms with Crippen molar-refractivity contribution in [2.24, 2.45) is 5.92 Å². The Kier molecular flexibility index (Phi) is 4.88. The summed E-state index contributed by atoms with van der Waals surface area (Å²) in [5, 5.41) is 3.27. The van der Waals surface area contributed by atoms with E-state index in [2.05, 4.69) is 5.32 Å². The minimum absolute atomic E-state index is 0.118. The van der Waals surface area contributed by atoms with E-state index in [0.29, 0.717) is 6.61 Å². The van der Waals surface area contributed by atoms with E-state index in [1.54, 1.807) is 0 Å². The lowest BCUT2D eigenvalue weighted by molar-refractivity contribution is 0.116. The first-order valence-electron chi connectivity index (χ1n) is 6.92. The highest BCUT2D eigenvalue weighted by Crippen LogP contribution is 2.34. The van der Waals surface area contributed by atoms with Crippen LogP contribution in [0.5, 0.6) is 0 Å². The van der Waals surface area contributed by atoms with Crippen molar-refractivity contribution in [3.8, 4) is 0 Å². The van der Waals surface area contributed by atoms with Crippen LogP contribution in [-0.2, 0) is 4.74 Å². The van der Waals surface area contributed by atoms with Crippen molar-refractivity contribution in [2.75, 3.05) is 13.2 Å². The first kappa shape index (κ1) is 14.4. The van der Waals surface area contributed by atoms with E-state index in [0.717, 1.165) is 19.4 Å². The van der Waals surface area contributed by atoms with Crippen molar-refractivity contribution >= 4 is 0 Å². The smallest absolute Gasteiger partial charge is 0.130 e. The highest BCUT2D eigenvalue weighted by Gasteiger charge is 2.33. The molecule has 0 amide bonds. The van der Waals surface area contributed by atoms with Crippen molar-refractivity contribution in [3.05, 3.63) is 35.4 Å². The lowest BCUT2D eigenvalue weighted by Gasteiger charge is -2.25. The third kappa shape index (κ3) is 3.31. The molecule has 1 aromatic carbocycles. The molecule has 4 heteroatoms. The summed E-state index contributed by atoms with van der Waals surface area (Å²) in [5.41, 5.74) is 0.152. The van der Waals surface area contributed by atoms with Crippen LogP contribution in [0.1, 0.15) is 38.3 Å². The fraction of sp³-hybridized carbons (Fsp3) is 0.600. The zero-order valence-electron chi connectivity index (χ0n) is 11.5. The molecule has 0 aromatic heterocycles. The van der Waals surface area contributed by atoms with Crippen molar-refractivity contribution in [1.82, 2.24) is 5.32 Å². The van der Waals surface area contributed by atoms with Gasteiger partial charge in [-0.05, 0) is 38.4 Å². The van der Waals surface area contributed by atoms with Gasteiger partial charge in [0.25, 0.3) is 0 Å². The maximum atomic E-state index is 14.0. The summed E-state index contributed by atoms with van der Waals surface area (Å²) in [7, 11) is 0. The molecule has 2 rings (SSSR count). The molecule has 2 nitrogen and oxygen atoms in total. The van der Waals surface area contributed by atoms with Gasteiger partial charge in [-0.2, -0.15) is 0 Å². The van der Waals surface area contributed by atoms with Crippen molar-refractivity contribution < 1.29 is 13.5 Å². The van der Waals surface area contributed by atoms with Gasteiger partial charge in [0.2, 0.25) is 0 Å². The third-order valence-electron chi connectivity index (χ3n) is 3.63. The Morgan fingerprint density at radius 1 is 1.37 bits per heavy atom. The van der Waals surface area contributed by atoms with Gasteiger partial charge in [0.1, 0.15) is 11.6 Å². The lowest BCUT2D eigenvalue weighted by atomic mass is 9.90. The number of ether oxygens (including phenoxy) is 1. The quantitative estimate of drug-likeness (QED) is 0.884. The highest BCUT2D eigenvalue weighted by atomic mass is 19.1. The Bertz CT molecular complexity index is 404. The Labute approximate surface area is 113 Å². The molecular weight excluding hydrogens is 248 g/mol. The summed E-state index contributed by atoms with van der Waals surface area (Å²) in [6, 6.07) is 3.72. The Hall–Kier alpha value is -1.00. The van der Waals surface area contributed by atoms with E-state index in [1.807, 2.05) is 13.8 Å². The number of rotatable bonds is 5. The van der Waals surface area contributed by atoms with E-state index in [9.17, 15) is 8.78 Å². The second-order valence-electron chi connectivity index (χ2n) is 5.21. The Morgan fingerprint density at radius 3 is 2.58 bits per heavy atom. The molecule has 0 aliphatic carbocycles. The third-order valence-corrected chi connectivity index (χ3v) is 3.63. The summed E-state index contributed by atoms with van der Waals surface area (Å²) in [5.74, 6) is -0.839. The molecule has 0 radical (unpaired) electrons. The zero-order chi connectivity index (χ0) is 13.8. The van der Waals surface area contributed by atoms with Crippen LogP contribution in [0.4, 0.5) is 8.78 Å². The Morgan fingerprint density at radius 2 is 2.05 bits per heavy atom. The molecule has 1 saturated heterocycles. The average Bonchev–Trinajstić information content (AvgIpc) is 2.79. The molecule has 1 aromatic rings. The van der Waals surface area contributed by atoms with E-state index in [-0.39, 0.29) is 23.6 Å². The van der Waals surface area contributed by atoms with Crippen molar-refractivity contribution in [2.45, 2.75) is 38.8 Å². The molecule has 1 aliphatic rings. The molecule has 19 heavy (non-hydrogen) atoms. The fourth-order valence-corrected chi connectivity index (χ4v) is 2.69. The van der Waals surface area contributed by atoms with Gasteiger partial charge in [0.05, 0.1) is 12.7 Å². The van der Waals surface area contributed by atoms with Gasteiger partial charge in [0, 0.05) is 17.5 Å². The van der Waals surface area contributed by atoms with Gasteiger partial charge in [-0.3, -0.25) is 0 Å². The fourth-order valence-electron chi connectivity index (χ4n) is 2.69. The largest absolute Gasteiger partial charge is 0.378 e. The van der Waals surface area contributed by atoms with Gasteiger partial charge < -0.3 is 10.1 Å². The van der Waals surface area contributed by atoms with Crippen LogP contribution in [-0.4, -0.2) is 19.3 Å². The molecule has 3 atom stereocenters. The molecule has 0 saturated carbocycles. The summed E-state index contributed by atoms with van der Waals surface area (Å²) in [4.78, 5) is 0. The van der Waals surface area contributed by atoms with E-state index >= 15 is 0 Å². The zero-order valence-corrected chi connectivity index (χ0v) is 11.5. The lowest BCUT2D eigenvalue weighted by Crippen LogP contribution is -2.31. The molecule has 106 valence electrons. The van der Waals surface area contributed by atoms with Crippen LogP contribution in [0.3, 0.4) is 0 Å². The van der Waals surface area contributed by atoms with Crippen LogP contribution in [0.25, 0.3) is 0 Å². The van der Waals surface area contributed by atoms with Gasteiger partial charge in [-0.15, -0.1) is 0 Å². The molecule has 0 spiro atoms. The van der Waals surface area contributed by atoms with E-state index in [4.69, 9.17) is 4.74 Å². The summed E-state index contributed by atoms with van der Waals surface area (Å²) < 4.78 is 33.5. The van der Waals surface area contributed by atoms with Crippen LogP contribution >= 0.6 is 0 Å². The average molecular weight is 269 g/mol. The van der Waals surface area contributed by atoms with Crippen LogP contribution in [0.15, 0.2) is 18.2 Å². The minimum Gasteiger partial charge on any atom is -0.378 e. The Balaban J connectivity index is 2.26. The topological polar surface area (TPSA) is 21.3 Å². The first-order valence-corrected chi connectivity index (χ1v) is 6.92. The van der Waals surface area contributed by atoms with Gasteiger partial charge in [-0.1, -0.05) is 13.0 Å². The maximum absolute atomic E-state index is 14.0. The molecular formula is C15H21F2NO. The minimum atomic E-state index is -0.479. The maximum Gasteiger partial charge on any atom is 0.130 e. The van der Waals surface area contributed by atoms with Crippen LogP contribution in [0, 0.1) is 17.6 Å². The van der Waals surface area contributed by atoms with Crippen molar-refractivity contribution in [1.29, 1.82) is 0 Å². The monoisotopic (exact) mass is 269 g/mol. The van der Waals surface area contributed by atoms with Crippen LogP contribution < -0.4 is 5.32 Å². The standard InChI is InChI=1S/C15H21F2NO/c1-3-7-18-15(11-8-10(2)19-9-11)14-12(16)5-4-6-13(14)17/h4-6,10-11,15,18H,3,7-9H2,1-2H3. The summed E-state index contributed by atoms with van der Waals surface area (Å²) in [6.07, 6.45) is 1.91. The predicted octanol–water partition coefficient (Wildman–Crippen LogP) is 3.43. The molecule has 1 heterocycles. The SMILES string of the molecule is CCCNC(c1c(F)cccc1F)C1COC(C)C1. The summed E-state index contributed by atoms with van der Waals surface area (Å²) >= 11 is 0. The molecule has 3 unspecified atom stereocenters. The molecule has 0 bridgehead atoms. The second kappa shape index (κ2) is 6.44. The molecule has 1 aliphatic heterocycles. The van der Waals surface area contributed by atoms with E-state index < -0.39 is 11.6 Å². The number of hydrogen-bond donors (Lipinski definition) is 1. The number of halogens is 2. The van der Waals surface area contributed by atoms with Crippen LogP contribution in [0.2, 0.25) is 0 Å². The van der Waals surface area contributed by atoms with Crippen molar-refractivity contribution in [3.63, 3.8) is 0 Å². The van der Waals surface area contributed by atoms with Gasteiger partial charge in [0.15, 0.2) is 0 Å². The number of hydrogen-bond acceptors (Lipinski definition) is 2.